The van der Waals surface area contributed by atoms with Gasteiger partial charge in [0.15, 0.2) is 5.65 Å². The molecule has 0 spiro atoms. The Bertz CT molecular complexity index is 1320. The maximum absolute atomic E-state index is 13.2. The van der Waals surface area contributed by atoms with E-state index in [1.165, 1.54) is 0 Å². The third-order valence-electron chi connectivity index (χ3n) is 5.77. The van der Waals surface area contributed by atoms with Gasteiger partial charge in [0.1, 0.15) is 11.3 Å². The number of piperazine rings is 1. The minimum atomic E-state index is -0.271. The van der Waals surface area contributed by atoms with Crippen LogP contribution in [0.1, 0.15) is 35.6 Å². The molecule has 1 aromatic carbocycles. The number of imidazole rings is 1. The Morgan fingerprint density at radius 2 is 1.88 bits per heavy atom. The van der Waals surface area contributed by atoms with Crippen LogP contribution in [0, 0.1) is 13.8 Å². The van der Waals surface area contributed by atoms with E-state index in [1.54, 1.807) is 12.4 Å². The summed E-state index contributed by atoms with van der Waals surface area (Å²) in [7, 11) is 0. The molecule has 1 aliphatic heterocycles. The van der Waals surface area contributed by atoms with Crippen LogP contribution in [0.15, 0.2) is 36.8 Å². The maximum Gasteiger partial charge on any atom is 0.259 e. The fraction of sp³-hybridized carbons (Fsp3) is 0.348. The van der Waals surface area contributed by atoms with E-state index in [0.29, 0.717) is 29.0 Å². The first kappa shape index (κ1) is 20.3. The number of anilines is 2. The Balaban J connectivity index is 1.50. The molecule has 9 heteroatoms. The van der Waals surface area contributed by atoms with Gasteiger partial charge in [0.25, 0.3) is 5.91 Å². The van der Waals surface area contributed by atoms with E-state index in [2.05, 4.69) is 49.5 Å². The molecule has 5 rings (SSSR count). The molecule has 1 amide bonds. The van der Waals surface area contributed by atoms with Gasteiger partial charge in [-0.2, -0.15) is 5.10 Å². The van der Waals surface area contributed by atoms with Crippen LogP contribution in [0.25, 0.3) is 16.6 Å². The van der Waals surface area contributed by atoms with E-state index < -0.39 is 0 Å². The van der Waals surface area contributed by atoms with E-state index in [9.17, 15) is 4.79 Å². The number of nitrogens with zero attached hydrogens (tertiary/aromatic N) is 6. The quantitative estimate of drug-likeness (QED) is 0.515. The molecule has 1 aliphatic rings. The maximum atomic E-state index is 13.2. The zero-order valence-electron chi connectivity index (χ0n) is 18.6. The number of carbonyl (C=O) groups is 1. The molecule has 2 atom stereocenters. The second kappa shape index (κ2) is 7.83. The van der Waals surface area contributed by atoms with Crippen molar-refractivity contribution in [3.05, 3.63) is 53.7 Å². The second-order valence-corrected chi connectivity index (χ2v) is 8.58. The Kier molecular flexibility index (Phi) is 4.97. The number of aryl methyl sites for hydroxylation is 2. The largest absolute Gasteiger partial charge is 0.368 e. The van der Waals surface area contributed by atoms with Gasteiger partial charge >= 0.3 is 0 Å². The second-order valence-electron chi connectivity index (χ2n) is 8.58. The summed E-state index contributed by atoms with van der Waals surface area (Å²) >= 11 is 0. The van der Waals surface area contributed by atoms with Crippen molar-refractivity contribution in [3.63, 3.8) is 0 Å². The monoisotopic (exact) mass is 430 g/mol. The highest BCUT2D eigenvalue weighted by Gasteiger charge is 2.24. The molecule has 1 saturated heterocycles. The van der Waals surface area contributed by atoms with Crippen molar-refractivity contribution in [1.29, 1.82) is 0 Å². The zero-order valence-corrected chi connectivity index (χ0v) is 18.6. The molecule has 4 aromatic rings. The van der Waals surface area contributed by atoms with E-state index in [1.807, 2.05) is 42.6 Å². The SMILES string of the molecule is Cc1cn2cc(NC(=O)c3ccc(N4C[C@H](C)N[C@@H](C)C4)c4ccnnc34)nc(C)c2n1. The molecule has 1 fully saturated rings. The molecule has 3 aromatic heterocycles. The van der Waals surface area contributed by atoms with Crippen molar-refractivity contribution < 1.29 is 4.79 Å². The molecule has 0 aliphatic carbocycles. The Labute approximate surface area is 185 Å². The Morgan fingerprint density at radius 1 is 1.09 bits per heavy atom. The van der Waals surface area contributed by atoms with Crippen LogP contribution in [-0.4, -0.2) is 55.6 Å². The zero-order chi connectivity index (χ0) is 22.4. The van der Waals surface area contributed by atoms with Gasteiger partial charge in [-0.25, -0.2) is 9.97 Å². The van der Waals surface area contributed by atoms with Crippen molar-refractivity contribution in [2.24, 2.45) is 0 Å². The molecule has 0 unspecified atom stereocenters. The lowest BCUT2D eigenvalue weighted by molar-refractivity contribution is 0.102. The minimum Gasteiger partial charge on any atom is -0.368 e. The molecule has 2 N–H and O–H groups in total. The first-order valence-electron chi connectivity index (χ1n) is 10.8. The molecule has 4 heterocycles. The van der Waals surface area contributed by atoms with Gasteiger partial charge in [-0.1, -0.05) is 0 Å². The predicted octanol–water partition coefficient (Wildman–Crippen LogP) is 2.73. The number of hydrogen-bond donors (Lipinski definition) is 2. The van der Waals surface area contributed by atoms with Gasteiger partial charge in [-0.15, -0.1) is 5.10 Å². The summed E-state index contributed by atoms with van der Waals surface area (Å²) in [6.07, 6.45) is 5.35. The number of benzene rings is 1. The fourth-order valence-corrected chi connectivity index (χ4v) is 4.57. The predicted molar refractivity (Wildman–Crippen MR) is 124 cm³/mol. The van der Waals surface area contributed by atoms with E-state index >= 15 is 0 Å². The smallest absolute Gasteiger partial charge is 0.259 e. The topological polar surface area (TPSA) is 100 Å². The number of hydrogen-bond acceptors (Lipinski definition) is 7. The van der Waals surface area contributed by atoms with Crippen LogP contribution < -0.4 is 15.5 Å². The Hall–Kier alpha value is -3.59. The molecule has 0 radical (unpaired) electrons. The fourth-order valence-electron chi connectivity index (χ4n) is 4.57. The van der Waals surface area contributed by atoms with Crippen molar-refractivity contribution in [2.45, 2.75) is 39.8 Å². The van der Waals surface area contributed by atoms with E-state index in [-0.39, 0.29) is 5.91 Å². The lowest BCUT2D eigenvalue weighted by Gasteiger charge is -2.38. The van der Waals surface area contributed by atoms with E-state index in [0.717, 1.165) is 41.2 Å². The van der Waals surface area contributed by atoms with Crippen molar-refractivity contribution in [1.82, 2.24) is 29.9 Å². The summed E-state index contributed by atoms with van der Waals surface area (Å²) in [6.45, 7) is 9.95. The molecule has 9 nitrogen and oxygen atoms in total. The van der Waals surface area contributed by atoms with Crippen molar-refractivity contribution in [2.75, 3.05) is 23.3 Å². The first-order valence-corrected chi connectivity index (χ1v) is 10.8. The van der Waals surface area contributed by atoms with Crippen LogP contribution in [-0.2, 0) is 0 Å². The summed E-state index contributed by atoms with van der Waals surface area (Å²) in [5, 5.41) is 15.8. The number of rotatable bonds is 3. The van der Waals surface area contributed by atoms with Crippen LogP contribution >= 0.6 is 0 Å². The van der Waals surface area contributed by atoms with Crippen molar-refractivity contribution >= 4 is 34.0 Å². The number of carbonyl (C=O) groups excluding carboxylic acids is 1. The molecular weight excluding hydrogens is 404 g/mol. The van der Waals surface area contributed by atoms with Crippen LogP contribution in [0.3, 0.4) is 0 Å². The summed E-state index contributed by atoms with van der Waals surface area (Å²) in [5.74, 6) is 0.190. The van der Waals surface area contributed by atoms with Gasteiger partial charge in [-0.3, -0.25) is 4.79 Å². The normalized spacial score (nSPS) is 18.9. The van der Waals surface area contributed by atoms with Gasteiger partial charge < -0.3 is 19.9 Å². The van der Waals surface area contributed by atoms with Gasteiger partial charge in [0, 0.05) is 42.4 Å². The van der Waals surface area contributed by atoms with Crippen LogP contribution in [0.2, 0.25) is 0 Å². The number of amides is 1. The lowest BCUT2D eigenvalue weighted by Crippen LogP contribution is -2.54. The molecule has 164 valence electrons. The lowest BCUT2D eigenvalue weighted by atomic mass is 10.0. The van der Waals surface area contributed by atoms with Gasteiger partial charge in [0.05, 0.1) is 29.3 Å². The number of fused-ring (bicyclic) bond motifs is 2. The van der Waals surface area contributed by atoms with Gasteiger partial charge in [0.2, 0.25) is 0 Å². The molecule has 32 heavy (non-hydrogen) atoms. The molecule has 0 saturated carbocycles. The summed E-state index contributed by atoms with van der Waals surface area (Å²) in [4.78, 5) is 24.5. The number of nitrogens with one attached hydrogen (secondary N) is 2. The first-order chi connectivity index (χ1) is 15.4. The van der Waals surface area contributed by atoms with Crippen LogP contribution in [0.4, 0.5) is 11.5 Å². The van der Waals surface area contributed by atoms with Crippen LogP contribution in [0.5, 0.6) is 0 Å². The van der Waals surface area contributed by atoms with E-state index in [4.69, 9.17) is 0 Å². The highest BCUT2D eigenvalue weighted by molar-refractivity contribution is 6.13. The van der Waals surface area contributed by atoms with Crippen molar-refractivity contribution in [3.8, 4) is 0 Å². The average molecular weight is 431 g/mol. The molecular formula is C23H26N8O. The highest BCUT2D eigenvalue weighted by atomic mass is 16.1. The summed E-state index contributed by atoms with van der Waals surface area (Å²) < 4.78 is 1.88. The van der Waals surface area contributed by atoms with Gasteiger partial charge in [-0.05, 0) is 45.9 Å². The Morgan fingerprint density at radius 3 is 2.66 bits per heavy atom. The average Bonchev–Trinajstić information content (AvgIpc) is 3.13. The highest BCUT2D eigenvalue weighted by Crippen LogP contribution is 2.29. The third kappa shape index (κ3) is 3.64. The summed E-state index contributed by atoms with van der Waals surface area (Å²) in [6, 6.07) is 6.51. The summed E-state index contributed by atoms with van der Waals surface area (Å²) in [5.41, 5.74) is 4.54. The number of aromatic nitrogens is 5. The minimum absolute atomic E-state index is 0.271. The third-order valence-corrected chi connectivity index (χ3v) is 5.77. The standard InChI is InChI=1S/C23H26N8O/c1-13-9-30(10-14(2)25-13)19-6-5-18(21-17(19)7-8-24-29-21)23(32)28-20-12-31-11-15(3)26-22(31)16(4)27-20/h5-8,11-14,25H,9-10H2,1-4H3,(H,28,32)/t13-,14-/m0/s1. The molecule has 0 bridgehead atoms.